The average Bonchev–Trinajstić information content (AvgIpc) is 2.61. The van der Waals surface area contributed by atoms with E-state index in [0.717, 1.165) is 4.47 Å². The van der Waals surface area contributed by atoms with Crippen LogP contribution in [-0.4, -0.2) is 20.1 Å². The van der Waals surface area contributed by atoms with Crippen LogP contribution in [0.25, 0.3) is 6.08 Å². The summed E-state index contributed by atoms with van der Waals surface area (Å²) in [6, 6.07) is 14.2. The number of benzene rings is 2. The first-order valence-corrected chi connectivity index (χ1v) is 7.77. The summed E-state index contributed by atoms with van der Waals surface area (Å²) in [6.07, 6.45) is 1.50. The van der Waals surface area contributed by atoms with Gasteiger partial charge in [-0.05, 0) is 48.0 Å². The summed E-state index contributed by atoms with van der Waals surface area (Å²) in [5.74, 6) is 0.624. The van der Waals surface area contributed by atoms with Crippen LogP contribution in [0.1, 0.15) is 5.56 Å². The number of amides is 1. The van der Waals surface area contributed by atoms with Crippen LogP contribution in [0.5, 0.6) is 11.5 Å². The Bertz CT molecular complexity index is 808. The molecular weight excluding hydrogens is 372 g/mol. The first-order chi connectivity index (χ1) is 11.6. The van der Waals surface area contributed by atoms with Crippen LogP contribution in [0.15, 0.2) is 52.5 Å². The monoisotopic (exact) mass is 386 g/mol. The third kappa shape index (κ3) is 4.37. The highest BCUT2D eigenvalue weighted by Crippen LogP contribution is 2.28. The molecule has 0 radical (unpaired) electrons. The number of hydrogen-bond acceptors (Lipinski definition) is 4. The minimum Gasteiger partial charge on any atom is -0.493 e. The van der Waals surface area contributed by atoms with Crippen LogP contribution in [0.4, 0.5) is 5.69 Å². The van der Waals surface area contributed by atoms with Gasteiger partial charge in [0, 0.05) is 10.2 Å². The van der Waals surface area contributed by atoms with E-state index in [-0.39, 0.29) is 5.57 Å². The molecule has 0 unspecified atom stereocenters. The van der Waals surface area contributed by atoms with E-state index in [4.69, 9.17) is 9.47 Å². The first-order valence-electron chi connectivity index (χ1n) is 6.98. The molecule has 0 bridgehead atoms. The van der Waals surface area contributed by atoms with Crippen LogP contribution < -0.4 is 14.8 Å². The molecular formula is C18H15BrN2O3. The molecule has 6 heteroatoms. The Morgan fingerprint density at radius 1 is 1.12 bits per heavy atom. The number of rotatable bonds is 5. The van der Waals surface area contributed by atoms with Crippen molar-refractivity contribution in [2.75, 3.05) is 19.5 Å². The van der Waals surface area contributed by atoms with E-state index in [2.05, 4.69) is 21.2 Å². The quantitative estimate of drug-likeness (QED) is 0.622. The number of carbonyl (C=O) groups is 1. The molecule has 0 fully saturated rings. The molecule has 1 N–H and O–H groups in total. The van der Waals surface area contributed by atoms with Gasteiger partial charge in [0.1, 0.15) is 11.6 Å². The van der Waals surface area contributed by atoms with Crippen molar-refractivity contribution in [1.82, 2.24) is 0 Å². The van der Waals surface area contributed by atoms with E-state index in [1.807, 2.05) is 6.07 Å². The smallest absolute Gasteiger partial charge is 0.266 e. The summed E-state index contributed by atoms with van der Waals surface area (Å²) >= 11 is 3.33. The van der Waals surface area contributed by atoms with E-state index < -0.39 is 5.91 Å². The van der Waals surface area contributed by atoms with Gasteiger partial charge in [0.05, 0.1) is 14.2 Å². The summed E-state index contributed by atoms with van der Waals surface area (Å²) < 4.78 is 11.3. The second kappa shape index (κ2) is 8.18. The number of nitrogens with zero attached hydrogens (tertiary/aromatic N) is 1. The molecule has 0 aliphatic rings. The predicted molar refractivity (Wildman–Crippen MR) is 95.9 cm³/mol. The zero-order valence-corrected chi connectivity index (χ0v) is 14.8. The maximum atomic E-state index is 12.2. The Morgan fingerprint density at radius 2 is 1.79 bits per heavy atom. The molecule has 0 aliphatic heterocycles. The highest BCUT2D eigenvalue weighted by atomic mass is 79.9. The topological polar surface area (TPSA) is 71.3 Å². The van der Waals surface area contributed by atoms with Crippen LogP contribution in [0, 0.1) is 11.3 Å². The van der Waals surface area contributed by atoms with Gasteiger partial charge in [-0.3, -0.25) is 4.79 Å². The number of nitrogens with one attached hydrogen (secondary N) is 1. The maximum Gasteiger partial charge on any atom is 0.266 e. The molecule has 2 aromatic carbocycles. The van der Waals surface area contributed by atoms with Crippen molar-refractivity contribution in [3.05, 3.63) is 58.1 Å². The summed E-state index contributed by atoms with van der Waals surface area (Å²) in [4.78, 5) is 12.2. The van der Waals surface area contributed by atoms with Crippen molar-refractivity contribution in [2.24, 2.45) is 0 Å². The lowest BCUT2D eigenvalue weighted by molar-refractivity contribution is -0.112. The Morgan fingerprint density at radius 3 is 2.38 bits per heavy atom. The van der Waals surface area contributed by atoms with E-state index in [1.165, 1.54) is 13.2 Å². The molecule has 0 aromatic heterocycles. The molecule has 2 aromatic rings. The number of methoxy groups -OCH3 is 2. The molecule has 24 heavy (non-hydrogen) atoms. The normalized spacial score (nSPS) is 10.7. The zero-order valence-electron chi connectivity index (χ0n) is 13.2. The van der Waals surface area contributed by atoms with Gasteiger partial charge < -0.3 is 14.8 Å². The van der Waals surface area contributed by atoms with E-state index in [1.54, 1.807) is 49.6 Å². The minimum atomic E-state index is -0.477. The van der Waals surface area contributed by atoms with Crippen molar-refractivity contribution in [3.8, 4) is 17.6 Å². The molecule has 0 heterocycles. The number of ether oxygens (including phenoxy) is 2. The standard InChI is InChI=1S/C18H15BrN2O3/c1-23-16-8-3-12(10-17(16)24-2)9-13(11-20)18(22)21-15-6-4-14(19)5-7-15/h3-10H,1-2H3,(H,21,22)/b13-9-. The Labute approximate surface area is 148 Å². The summed E-state index contributed by atoms with van der Waals surface area (Å²) in [6.45, 7) is 0. The molecule has 0 saturated carbocycles. The lowest BCUT2D eigenvalue weighted by Gasteiger charge is -2.08. The summed E-state index contributed by atoms with van der Waals surface area (Å²) in [5.41, 5.74) is 1.26. The van der Waals surface area contributed by atoms with Gasteiger partial charge in [0.15, 0.2) is 11.5 Å². The molecule has 0 atom stereocenters. The highest BCUT2D eigenvalue weighted by Gasteiger charge is 2.11. The molecule has 5 nitrogen and oxygen atoms in total. The lowest BCUT2D eigenvalue weighted by Crippen LogP contribution is -2.13. The van der Waals surface area contributed by atoms with Crippen molar-refractivity contribution < 1.29 is 14.3 Å². The molecule has 0 aliphatic carbocycles. The molecule has 0 spiro atoms. The van der Waals surface area contributed by atoms with Crippen LogP contribution in [0.3, 0.4) is 0 Å². The number of carbonyl (C=O) groups excluding carboxylic acids is 1. The van der Waals surface area contributed by atoms with Gasteiger partial charge in [-0.2, -0.15) is 5.26 Å². The van der Waals surface area contributed by atoms with Gasteiger partial charge in [0.2, 0.25) is 0 Å². The van der Waals surface area contributed by atoms with Crippen LogP contribution >= 0.6 is 15.9 Å². The van der Waals surface area contributed by atoms with Gasteiger partial charge in [0.25, 0.3) is 5.91 Å². The molecule has 122 valence electrons. The van der Waals surface area contributed by atoms with Crippen LogP contribution in [-0.2, 0) is 4.79 Å². The lowest BCUT2D eigenvalue weighted by atomic mass is 10.1. The fourth-order valence-corrected chi connectivity index (χ4v) is 2.25. The second-order valence-corrected chi connectivity index (χ2v) is 5.66. The fraction of sp³-hybridized carbons (Fsp3) is 0.111. The molecule has 0 saturated heterocycles. The largest absolute Gasteiger partial charge is 0.493 e. The van der Waals surface area contributed by atoms with Crippen molar-refractivity contribution in [3.63, 3.8) is 0 Å². The minimum absolute atomic E-state index is 0.00913. The number of anilines is 1. The SMILES string of the molecule is COc1ccc(/C=C(/C#N)C(=O)Nc2ccc(Br)cc2)cc1OC. The van der Waals surface area contributed by atoms with Gasteiger partial charge in [-0.1, -0.05) is 22.0 Å². The van der Waals surface area contributed by atoms with Crippen molar-refractivity contribution in [1.29, 1.82) is 5.26 Å². The third-order valence-corrected chi connectivity index (χ3v) is 3.71. The van der Waals surface area contributed by atoms with E-state index in [9.17, 15) is 10.1 Å². The van der Waals surface area contributed by atoms with E-state index in [0.29, 0.717) is 22.7 Å². The van der Waals surface area contributed by atoms with Crippen LogP contribution in [0.2, 0.25) is 0 Å². The average molecular weight is 387 g/mol. The third-order valence-electron chi connectivity index (χ3n) is 3.19. The number of hydrogen-bond donors (Lipinski definition) is 1. The van der Waals surface area contributed by atoms with Gasteiger partial charge in [-0.25, -0.2) is 0 Å². The van der Waals surface area contributed by atoms with E-state index >= 15 is 0 Å². The molecule has 1 amide bonds. The van der Waals surface area contributed by atoms with Gasteiger partial charge in [-0.15, -0.1) is 0 Å². The maximum absolute atomic E-state index is 12.2. The Kier molecular flexibility index (Phi) is 5.99. The fourth-order valence-electron chi connectivity index (χ4n) is 1.99. The zero-order chi connectivity index (χ0) is 17.5. The summed E-state index contributed by atoms with van der Waals surface area (Å²) in [5, 5.41) is 11.9. The van der Waals surface area contributed by atoms with Crippen molar-refractivity contribution in [2.45, 2.75) is 0 Å². The Hall–Kier alpha value is -2.78. The molecule has 2 rings (SSSR count). The Balaban J connectivity index is 2.23. The second-order valence-electron chi connectivity index (χ2n) is 4.75. The summed E-state index contributed by atoms with van der Waals surface area (Å²) in [7, 11) is 3.07. The highest BCUT2D eigenvalue weighted by molar-refractivity contribution is 9.10. The number of halogens is 1. The van der Waals surface area contributed by atoms with Gasteiger partial charge >= 0.3 is 0 Å². The first kappa shape index (κ1) is 17.6. The van der Waals surface area contributed by atoms with Crippen molar-refractivity contribution >= 4 is 33.6 Å². The predicted octanol–water partition coefficient (Wildman–Crippen LogP) is 4.01. The number of nitriles is 1.